The minimum Gasteiger partial charge on any atom is -0.493 e. The summed E-state index contributed by atoms with van der Waals surface area (Å²) in [7, 11) is -3.25. The van der Waals surface area contributed by atoms with Gasteiger partial charge < -0.3 is 16.2 Å². The Balaban J connectivity index is 1.96. The number of nitrogen functional groups attached to an aromatic ring is 1. The number of nitrogens with one attached hydrogen (secondary N) is 1. The fraction of sp³-hybridized carbons (Fsp3) is 0.125. The van der Waals surface area contributed by atoms with Crippen LogP contribution in [0.25, 0.3) is 10.9 Å². The van der Waals surface area contributed by atoms with Crippen molar-refractivity contribution in [3.8, 4) is 5.88 Å². The van der Waals surface area contributed by atoms with Crippen LogP contribution < -0.4 is 11.1 Å². The lowest BCUT2D eigenvalue weighted by molar-refractivity contribution is 0.453. The first-order valence-electron chi connectivity index (χ1n) is 7.30. The highest BCUT2D eigenvalue weighted by Crippen LogP contribution is 2.39. The van der Waals surface area contributed by atoms with Gasteiger partial charge in [-0.1, -0.05) is 0 Å². The van der Waals surface area contributed by atoms with Crippen LogP contribution in [-0.4, -0.2) is 29.2 Å². The van der Waals surface area contributed by atoms with E-state index in [1.807, 2.05) is 0 Å². The summed E-state index contributed by atoms with van der Waals surface area (Å²) in [6.45, 7) is 0. The number of hydrogen-bond donors (Lipinski definition) is 3. The molecule has 4 rings (SSSR count). The van der Waals surface area contributed by atoms with E-state index in [-0.39, 0.29) is 11.6 Å². The monoisotopic (exact) mass is 342 g/mol. The lowest BCUT2D eigenvalue weighted by Crippen LogP contribution is -2.01. The molecule has 0 unspecified atom stereocenters. The van der Waals surface area contributed by atoms with Crippen molar-refractivity contribution >= 4 is 37.8 Å². The summed E-state index contributed by atoms with van der Waals surface area (Å²) < 4.78 is 24.4. The third kappa shape index (κ3) is 2.23. The van der Waals surface area contributed by atoms with E-state index in [0.717, 1.165) is 5.56 Å². The van der Waals surface area contributed by atoms with Crippen molar-refractivity contribution in [3.63, 3.8) is 0 Å². The van der Waals surface area contributed by atoms with Gasteiger partial charge in [0.15, 0.2) is 9.84 Å². The SMILES string of the molecule is Nc1cnc2ccc3c(c2c1Nc1ccc(O)nc1)CCS3(=O)=O. The van der Waals surface area contributed by atoms with Crippen LogP contribution in [0.4, 0.5) is 17.1 Å². The molecule has 122 valence electrons. The number of rotatable bonds is 2. The summed E-state index contributed by atoms with van der Waals surface area (Å²) in [4.78, 5) is 8.47. The smallest absolute Gasteiger partial charge is 0.210 e. The molecule has 0 saturated heterocycles. The van der Waals surface area contributed by atoms with Gasteiger partial charge in [0.1, 0.15) is 0 Å². The number of aromatic hydroxyl groups is 1. The Bertz CT molecular complexity index is 1060. The van der Waals surface area contributed by atoms with E-state index in [1.54, 1.807) is 18.2 Å². The molecule has 0 bridgehead atoms. The second kappa shape index (κ2) is 5.07. The first-order chi connectivity index (χ1) is 11.5. The van der Waals surface area contributed by atoms with Gasteiger partial charge in [-0.2, -0.15) is 0 Å². The van der Waals surface area contributed by atoms with Crippen molar-refractivity contribution in [2.45, 2.75) is 11.3 Å². The van der Waals surface area contributed by atoms with Crippen molar-refractivity contribution in [2.24, 2.45) is 0 Å². The van der Waals surface area contributed by atoms with Crippen LogP contribution in [0, 0.1) is 0 Å². The van der Waals surface area contributed by atoms with Crippen molar-refractivity contribution < 1.29 is 13.5 Å². The number of sulfone groups is 1. The minimum absolute atomic E-state index is 0.0832. The second-order valence-electron chi connectivity index (χ2n) is 5.62. The standard InChI is InChI=1S/C16H14N4O3S/c17-11-8-18-12-2-3-13-10(5-6-24(13,22)23)15(12)16(11)20-9-1-4-14(21)19-7-9/h1-4,7-8H,5-6,17H2,(H,18,20)(H,19,21). The Kier molecular flexibility index (Phi) is 3.10. The predicted molar refractivity (Wildman–Crippen MR) is 91.1 cm³/mol. The Morgan fingerprint density at radius 2 is 1.96 bits per heavy atom. The van der Waals surface area contributed by atoms with Crippen molar-refractivity contribution in [1.82, 2.24) is 9.97 Å². The second-order valence-corrected chi connectivity index (χ2v) is 7.70. The molecule has 0 spiro atoms. The van der Waals surface area contributed by atoms with Crippen molar-refractivity contribution in [2.75, 3.05) is 16.8 Å². The highest BCUT2D eigenvalue weighted by Gasteiger charge is 2.29. The number of benzene rings is 1. The van der Waals surface area contributed by atoms with Gasteiger partial charge in [-0.05, 0) is 30.2 Å². The molecule has 0 atom stereocenters. The maximum Gasteiger partial charge on any atom is 0.210 e. The van der Waals surface area contributed by atoms with Crippen LogP contribution in [0.15, 0.2) is 41.6 Å². The summed E-state index contributed by atoms with van der Waals surface area (Å²) in [5.41, 5.74) is 9.13. The number of hydrogen-bond acceptors (Lipinski definition) is 7. The molecule has 0 amide bonds. The quantitative estimate of drug-likeness (QED) is 0.651. The van der Waals surface area contributed by atoms with E-state index >= 15 is 0 Å². The Morgan fingerprint density at radius 3 is 2.71 bits per heavy atom. The molecule has 0 aliphatic carbocycles. The average molecular weight is 342 g/mol. The average Bonchev–Trinajstić information content (AvgIpc) is 2.87. The third-order valence-corrected chi connectivity index (χ3v) is 5.90. The Labute approximate surface area is 138 Å². The summed E-state index contributed by atoms with van der Waals surface area (Å²) in [6, 6.07) is 6.41. The van der Waals surface area contributed by atoms with Crippen molar-refractivity contribution in [1.29, 1.82) is 0 Å². The fourth-order valence-electron chi connectivity index (χ4n) is 2.98. The predicted octanol–water partition coefficient (Wildman–Crippen LogP) is 1.99. The lowest BCUT2D eigenvalue weighted by atomic mass is 10.0. The van der Waals surface area contributed by atoms with Gasteiger partial charge in [0, 0.05) is 11.5 Å². The van der Waals surface area contributed by atoms with Crippen LogP contribution in [0.2, 0.25) is 0 Å². The number of pyridine rings is 2. The van der Waals surface area contributed by atoms with Crippen LogP contribution in [0.5, 0.6) is 5.88 Å². The molecule has 24 heavy (non-hydrogen) atoms. The number of aromatic nitrogens is 2. The Hall–Kier alpha value is -2.87. The zero-order valence-electron chi connectivity index (χ0n) is 12.5. The zero-order chi connectivity index (χ0) is 16.9. The third-order valence-electron chi connectivity index (χ3n) is 4.10. The number of anilines is 3. The minimum atomic E-state index is -3.25. The summed E-state index contributed by atoms with van der Waals surface area (Å²) >= 11 is 0. The number of fused-ring (bicyclic) bond motifs is 3. The molecule has 0 saturated carbocycles. The highest BCUT2D eigenvalue weighted by molar-refractivity contribution is 7.91. The molecule has 2 aromatic heterocycles. The van der Waals surface area contributed by atoms with Gasteiger partial charge in [0.2, 0.25) is 5.88 Å². The maximum atomic E-state index is 12.2. The van der Waals surface area contributed by atoms with E-state index in [1.165, 1.54) is 18.5 Å². The first-order valence-corrected chi connectivity index (χ1v) is 8.96. The van der Waals surface area contributed by atoms with E-state index in [4.69, 9.17) is 5.73 Å². The number of nitrogens with two attached hydrogens (primary N) is 1. The summed E-state index contributed by atoms with van der Waals surface area (Å²) in [5.74, 6) is 0.0105. The van der Waals surface area contributed by atoms with E-state index in [2.05, 4.69) is 15.3 Å². The molecule has 1 aliphatic rings. The topological polar surface area (TPSA) is 118 Å². The molecule has 0 fully saturated rings. The molecule has 8 heteroatoms. The summed E-state index contributed by atoms with van der Waals surface area (Å²) in [5, 5.41) is 13.2. The molecule has 0 radical (unpaired) electrons. The van der Waals surface area contributed by atoms with Crippen LogP contribution in [0.3, 0.4) is 0 Å². The maximum absolute atomic E-state index is 12.2. The van der Waals surface area contributed by atoms with Crippen LogP contribution >= 0.6 is 0 Å². The lowest BCUT2D eigenvalue weighted by Gasteiger charge is -2.14. The van der Waals surface area contributed by atoms with Gasteiger partial charge in [0.05, 0.1) is 45.6 Å². The molecule has 3 heterocycles. The summed E-state index contributed by atoms with van der Waals surface area (Å²) in [6.07, 6.45) is 3.44. The van der Waals surface area contributed by atoms with Crippen molar-refractivity contribution in [3.05, 3.63) is 42.2 Å². The molecule has 1 aliphatic heterocycles. The fourth-order valence-corrected chi connectivity index (χ4v) is 4.52. The van der Waals surface area contributed by atoms with Gasteiger partial charge >= 0.3 is 0 Å². The first kappa shape index (κ1) is 14.7. The van der Waals surface area contributed by atoms with Gasteiger partial charge in [-0.15, -0.1) is 0 Å². The van der Waals surface area contributed by atoms with E-state index in [0.29, 0.717) is 39.3 Å². The van der Waals surface area contributed by atoms with Gasteiger partial charge in [0.25, 0.3) is 0 Å². The van der Waals surface area contributed by atoms with Gasteiger partial charge in [-0.3, -0.25) is 4.98 Å². The van der Waals surface area contributed by atoms with Crippen LogP contribution in [0.1, 0.15) is 5.56 Å². The highest BCUT2D eigenvalue weighted by atomic mass is 32.2. The number of aryl methyl sites for hydroxylation is 1. The molecular weight excluding hydrogens is 328 g/mol. The molecule has 7 nitrogen and oxygen atoms in total. The Morgan fingerprint density at radius 1 is 1.12 bits per heavy atom. The zero-order valence-corrected chi connectivity index (χ0v) is 13.3. The van der Waals surface area contributed by atoms with Gasteiger partial charge in [-0.25, -0.2) is 13.4 Å². The normalized spacial score (nSPS) is 15.3. The number of nitrogens with zero attached hydrogens (tertiary/aromatic N) is 2. The molecule has 3 aromatic rings. The van der Waals surface area contributed by atoms with E-state index in [9.17, 15) is 13.5 Å². The molecular formula is C16H14N4O3S. The molecule has 4 N–H and O–H groups in total. The molecule has 1 aromatic carbocycles. The largest absolute Gasteiger partial charge is 0.493 e. The van der Waals surface area contributed by atoms with Crippen LogP contribution in [-0.2, 0) is 16.3 Å². The van der Waals surface area contributed by atoms with E-state index < -0.39 is 9.84 Å².